The number of fused-ring (bicyclic) bond motifs is 3. The van der Waals surface area contributed by atoms with E-state index >= 15 is 0 Å². The molecule has 0 amide bonds. The van der Waals surface area contributed by atoms with E-state index in [0.29, 0.717) is 11.3 Å². The number of rotatable bonds is 5. The monoisotopic (exact) mass is 388 g/mol. The van der Waals surface area contributed by atoms with Gasteiger partial charge in [0.15, 0.2) is 4.77 Å². The second kappa shape index (κ2) is 7.60. The van der Waals surface area contributed by atoms with E-state index in [1.54, 1.807) is 15.9 Å². The lowest BCUT2D eigenvalue weighted by Gasteiger charge is -2.34. The van der Waals surface area contributed by atoms with Crippen LogP contribution < -0.4 is 5.56 Å². The molecule has 0 saturated carbocycles. The Morgan fingerprint density at radius 1 is 1.12 bits per heavy atom. The molecule has 0 aliphatic carbocycles. The summed E-state index contributed by atoms with van der Waals surface area (Å²) in [5, 5.41) is 1.08. The summed E-state index contributed by atoms with van der Waals surface area (Å²) in [6.45, 7) is 9.56. The zero-order valence-electron chi connectivity index (χ0n) is 15.0. The molecular weight excluding hydrogens is 364 g/mol. The van der Waals surface area contributed by atoms with Gasteiger partial charge in [-0.1, -0.05) is 25.1 Å². The molecule has 0 radical (unpaired) electrons. The molecule has 1 aliphatic rings. The molecule has 2 aromatic heterocycles. The van der Waals surface area contributed by atoms with Crippen LogP contribution >= 0.6 is 23.6 Å². The molecule has 0 bridgehead atoms. The van der Waals surface area contributed by atoms with Crippen LogP contribution in [0.15, 0.2) is 29.1 Å². The minimum absolute atomic E-state index is 0.0424. The Hall–Kier alpha value is -1.54. The summed E-state index contributed by atoms with van der Waals surface area (Å²) in [6, 6.07) is 8.09. The number of benzene rings is 1. The summed E-state index contributed by atoms with van der Waals surface area (Å²) < 4.78 is 4.16. The summed E-state index contributed by atoms with van der Waals surface area (Å²) in [5.41, 5.74) is 0.924. The van der Waals surface area contributed by atoms with Crippen molar-refractivity contribution in [2.75, 3.05) is 39.3 Å². The molecule has 3 heterocycles. The van der Waals surface area contributed by atoms with Crippen LogP contribution in [0.2, 0.25) is 0 Å². The average molecular weight is 389 g/mol. The zero-order valence-corrected chi connectivity index (χ0v) is 16.7. The van der Waals surface area contributed by atoms with Crippen LogP contribution in [0.25, 0.3) is 20.3 Å². The van der Waals surface area contributed by atoms with Gasteiger partial charge in [-0.15, -0.1) is 11.3 Å². The van der Waals surface area contributed by atoms with Crippen molar-refractivity contribution in [2.24, 2.45) is 0 Å². The van der Waals surface area contributed by atoms with Crippen LogP contribution in [0, 0.1) is 4.77 Å². The van der Waals surface area contributed by atoms with E-state index in [2.05, 4.69) is 27.8 Å². The lowest BCUT2D eigenvalue weighted by molar-refractivity contribution is 0.135. The Balaban J connectivity index is 1.51. The standard InChI is InChI=1S/C19H24N4OS2/c1-2-21-10-12-22(13-11-21)8-5-9-23-18(24)17-16(20-19(23)25)14-6-3-4-7-15(14)26-17/h3-4,6-7H,2,5,8-13H2,1H3,(H,20,25). The van der Waals surface area contributed by atoms with Crippen molar-refractivity contribution in [2.45, 2.75) is 19.9 Å². The van der Waals surface area contributed by atoms with Crippen molar-refractivity contribution in [3.63, 3.8) is 0 Å². The fraction of sp³-hybridized carbons (Fsp3) is 0.474. The molecular formula is C19H24N4OS2. The molecule has 7 heteroatoms. The molecule has 1 fully saturated rings. The molecule has 5 nitrogen and oxygen atoms in total. The SMILES string of the molecule is CCN1CCN(CCCn2c(=S)[nH]c3c(sc4ccccc43)c2=O)CC1. The highest BCUT2D eigenvalue weighted by atomic mass is 32.1. The van der Waals surface area contributed by atoms with E-state index in [9.17, 15) is 4.79 Å². The quantitative estimate of drug-likeness (QED) is 0.681. The fourth-order valence-corrected chi connectivity index (χ4v) is 5.08. The summed E-state index contributed by atoms with van der Waals surface area (Å²) in [5.74, 6) is 0. The molecule has 26 heavy (non-hydrogen) atoms. The summed E-state index contributed by atoms with van der Waals surface area (Å²) in [4.78, 5) is 21.2. The van der Waals surface area contributed by atoms with Gasteiger partial charge in [-0.05, 0) is 37.8 Å². The molecule has 0 spiro atoms. The predicted molar refractivity (Wildman–Crippen MR) is 112 cm³/mol. The van der Waals surface area contributed by atoms with E-state index in [1.807, 2.05) is 18.2 Å². The fourth-order valence-electron chi connectivity index (χ4n) is 3.69. The van der Waals surface area contributed by atoms with Crippen LogP contribution in [0.4, 0.5) is 0 Å². The molecule has 1 N–H and O–H groups in total. The Morgan fingerprint density at radius 3 is 2.62 bits per heavy atom. The number of piperazine rings is 1. The van der Waals surface area contributed by atoms with Gasteiger partial charge in [-0.25, -0.2) is 0 Å². The van der Waals surface area contributed by atoms with E-state index < -0.39 is 0 Å². The third kappa shape index (κ3) is 3.36. The minimum atomic E-state index is 0.0424. The molecule has 1 aromatic carbocycles. The van der Waals surface area contributed by atoms with Crippen LogP contribution in [-0.2, 0) is 6.54 Å². The van der Waals surface area contributed by atoms with E-state index in [4.69, 9.17) is 12.2 Å². The molecule has 1 aliphatic heterocycles. The lowest BCUT2D eigenvalue weighted by atomic mass is 10.2. The second-order valence-corrected chi connectivity index (χ2v) is 8.26. The number of hydrogen-bond acceptors (Lipinski definition) is 5. The maximum Gasteiger partial charge on any atom is 0.272 e. The number of thiophene rings is 1. The van der Waals surface area contributed by atoms with Gasteiger partial charge >= 0.3 is 0 Å². The molecule has 0 unspecified atom stereocenters. The van der Waals surface area contributed by atoms with Gasteiger partial charge < -0.3 is 14.8 Å². The van der Waals surface area contributed by atoms with Gasteiger partial charge in [-0.2, -0.15) is 0 Å². The van der Waals surface area contributed by atoms with Crippen molar-refractivity contribution in [3.05, 3.63) is 39.4 Å². The lowest BCUT2D eigenvalue weighted by Crippen LogP contribution is -2.46. The summed E-state index contributed by atoms with van der Waals surface area (Å²) in [7, 11) is 0. The molecule has 3 aromatic rings. The van der Waals surface area contributed by atoms with Crippen LogP contribution in [0.3, 0.4) is 0 Å². The Bertz CT molecular complexity index is 1030. The topological polar surface area (TPSA) is 44.3 Å². The van der Waals surface area contributed by atoms with Crippen molar-refractivity contribution in [3.8, 4) is 0 Å². The van der Waals surface area contributed by atoms with Crippen molar-refractivity contribution < 1.29 is 0 Å². The molecule has 138 valence electrons. The maximum absolute atomic E-state index is 12.9. The molecule has 1 saturated heterocycles. The normalized spacial score (nSPS) is 16.7. The van der Waals surface area contributed by atoms with Crippen LogP contribution in [0.1, 0.15) is 13.3 Å². The Labute approximate surface area is 161 Å². The van der Waals surface area contributed by atoms with Gasteiger partial charge in [0.25, 0.3) is 5.56 Å². The zero-order chi connectivity index (χ0) is 18.1. The first-order valence-electron chi connectivity index (χ1n) is 9.26. The number of aromatic nitrogens is 2. The molecule has 4 rings (SSSR count). The highest BCUT2D eigenvalue weighted by Gasteiger charge is 2.16. The smallest absolute Gasteiger partial charge is 0.272 e. The number of aromatic amines is 1. The van der Waals surface area contributed by atoms with Crippen molar-refractivity contribution in [1.29, 1.82) is 0 Å². The van der Waals surface area contributed by atoms with Crippen molar-refractivity contribution >= 4 is 43.9 Å². The Kier molecular flexibility index (Phi) is 5.22. The largest absolute Gasteiger partial charge is 0.330 e. The van der Waals surface area contributed by atoms with Crippen molar-refractivity contribution in [1.82, 2.24) is 19.4 Å². The average Bonchev–Trinajstić information content (AvgIpc) is 3.04. The summed E-state index contributed by atoms with van der Waals surface area (Å²) in [6.07, 6.45) is 0.944. The molecule has 0 atom stereocenters. The first-order chi connectivity index (χ1) is 12.7. The highest BCUT2D eigenvalue weighted by molar-refractivity contribution is 7.71. The van der Waals surface area contributed by atoms with Gasteiger partial charge in [0, 0.05) is 42.8 Å². The number of nitrogens with one attached hydrogen (secondary N) is 1. The van der Waals surface area contributed by atoms with Crippen LogP contribution in [-0.4, -0.2) is 58.6 Å². The van der Waals surface area contributed by atoms with Gasteiger partial charge in [0.1, 0.15) is 4.70 Å². The third-order valence-corrected chi connectivity index (χ3v) is 6.76. The van der Waals surface area contributed by atoms with Crippen LogP contribution in [0.5, 0.6) is 0 Å². The number of likely N-dealkylation sites (N-methyl/N-ethyl adjacent to an activating group) is 1. The Morgan fingerprint density at radius 2 is 1.85 bits per heavy atom. The van der Waals surface area contributed by atoms with E-state index in [-0.39, 0.29) is 5.56 Å². The summed E-state index contributed by atoms with van der Waals surface area (Å²) >= 11 is 7.04. The van der Waals surface area contributed by atoms with E-state index in [1.165, 1.54) is 0 Å². The predicted octanol–water partition coefficient (Wildman–Crippen LogP) is 3.30. The van der Waals surface area contributed by atoms with Gasteiger partial charge in [-0.3, -0.25) is 9.36 Å². The second-order valence-electron chi connectivity index (χ2n) is 6.82. The number of nitrogens with zero attached hydrogens (tertiary/aromatic N) is 3. The third-order valence-electron chi connectivity index (χ3n) is 5.28. The maximum atomic E-state index is 12.9. The number of hydrogen-bond donors (Lipinski definition) is 1. The van der Waals surface area contributed by atoms with E-state index in [0.717, 1.165) is 66.0 Å². The number of H-pyrrole nitrogens is 1. The van der Waals surface area contributed by atoms with Gasteiger partial charge in [0.05, 0.1) is 5.52 Å². The highest BCUT2D eigenvalue weighted by Crippen LogP contribution is 2.29. The minimum Gasteiger partial charge on any atom is -0.330 e. The first kappa shape index (κ1) is 17.9. The van der Waals surface area contributed by atoms with Gasteiger partial charge in [0.2, 0.25) is 0 Å². The first-order valence-corrected chi connectivity index (χ1v) is 10.5.